The predicted octanol–water partition coefficient (Wildman–Crippen LogP) is 2.93. The maximum absolute atomic E-state index is 5.89. The average molecular weight is 237 g/mol. The zero-order chi connectivity index (χ0) is 11.4. The molecule has 2 aromatic rings. The van der Waals surface area contributed by atoms with Gasteiger partial charge >= 0.3 is 0 Å². The first-order valence-corrected chi connectivity index (χ1v) is 5.49. The van der Waals surface area contributed by atoms with E-state index < -0.39 is 0 Å². The maximum Gasteiger partial charge on any atom is 0.150 e. The van der Waals surface area contributed by atoms with Gasteiger partial charge in [0.05, 0.1) is 12.7 Å². The molecule has 16 heavy (non-hydrogen) atoms. The zero-order valence-corrected chi connectivity index (χ0v) is 9.79. The Balaban J connectivity index is 1.90. The second-order valence-corrected chi connectivity index (χ2v) is 4.09. The first kappa shape index (κ1) is 11.2. The van der Waals surface area contributed by atoms with Gasteiger partial charge in [0.25, 0.3) is 0 Å². The summed E-state index contributed by atoms with van der Waals surface area (Å²) >= 11 is 5.89. The molecule has 0 aliphatic heterocycles. The Morgan fingerprint density at radius 1 is 1.31 bits per heavy atom. The monoisotopic (exact) mass is 236 g/mol. The number of hydrogen-bond acceptors (Lipinski definition) is 3. The van der Waals surface area contributed by atoms with Gasteiger partial charge in [-0.15, -0.1) is 0 Å². The fourth-order valence-electron chi connectivity index (χ4n) is 1.51. The van der Waals surface area contributed by atoms with Crippen LogP contribution in [-0.2, 0) is 13.1 Å². The van der Waals surface area contributed by atoms with Crippen molar-refractivity contribution in [3.8, 4) is 0 Å². The average Bonchev–Trinajstić information content (AvgIpc) is 2.74. The quantitative estimate of drug-likeness (QED) is 0.887. The molecule has 4 heteroatoms. The minimum absolute atomic E-state index is 0.683. The van der Waals surface area contributed by atoms with Gasteiger partial charge in [-0.05, 0) is 30.2 Å². The SMILES string of the molecule is Cc1cc(Cl)ccc1CNCc1ccno1. The van der Waals surface area contributed by atoms with E-state index in [4.69, 9.17) is 16.1 Å². The van der Waals surface area contributed by atoms with Crippen molar-refractivity contribution in [3.63, 3.8) is 0 Å². The van der Waals surface area contributed by atoms with Gasteiger partial charge in [-0.2, -0.15) is 0 Å². The highest BCUT2D eigenvalue weighted by Gasteiger charge is 2.00. The van der Waals surface area contributed by atoms with E-state index in [9.17, 15) is 0 Å². The number of nitrogens with one attached hydrogen (secondary N) is 1. The van der Waals surface area contributed by atoms with Crippen LogP contribution in [0, 0.1) is 6.92 Å². The smallest absolute Gasteiger partial charge is 0.150 e. The van der Waals surface area contributed by atoms with Crippen LogP contribution in [-0.4, -0.2) is 5.16 Å². The van der Waals surface area contributed by atoms with Crippen LogP contribution < -0.4 is 5.32 Å². The van der Waals surface area contributed by atoms with E-state index in [-0.39, 0.29) is 0 Å². The summed E-state index contributed by atoms with van der Waals surface area (Å²) < 4.78 is 4.99. The minimum Gasteiger partial charge on any atom is -0.360 e. The highest BCUT2D eigenvalue weighted by atomic mass is 35.5. The van der Waals surface area contributed by atoms with Gasteiger partial charge in [0.1, 0.15) is 5.76 Å². The van der Waals surface area contributed by atoms with Crippen molar-refractivity contribution in [2.45, 2.75) is 20.0 Å². The molecule has 0 bridgehead atoms. The molecule has 1 aromatic heterocycles. The van der Waals surface area contributed by atoms with Crippen LogP contribution in [0.1, 0.15) is 16.9 Å². The summed E-state index contributed by atoms with van der Waals surface area (Å²) in [5.41, 5.74) is 2.43. The minimum atomic E-state index is 0.683. The molecule has 1 aromatic carbocycles. The molecule has 0 aliphatic carbocycles. The molecule has 1 heterocycles. The lowest BCUT2D eigenvalue weighted by Gasteiger charge is -2.06. The number of hydrogen-bond donors (Lipinski definition) is 1. The van der Waals surface area contributed by atoms with Crippen LogP contribution in [0.4, 0.5) is 0 Å². The molecule has 0 spiro atoms. The summed E-state index contributed by atoms with van der Waals surface area (Å²) in [6.07, 6.45) is 1.64. The van der Waals surface area contributed by atoms with E-state index in [1.807, 2.05) is 24.3 Å². The summed E-state index contributed by atoms with van der Waals surface area (Å²) in [7, 11) is 0. The van der Waals surface area contributed by atoms with Gasteiger partial charge in [-0.3, -0.25) is 0 Å². The molecule has 0 aliphatic rings. The Bertz CT molecular complexity index is 454. The van der Waals surface area contributed by atoms with Gasteiger partial charge in [0.2, 0.25) is 0 Å². The van der Waals surface area contributed by atoms with Gasteiger partial charge in [0.15, 0.2) is 0 Å². The Morgan fingerprint density at radius 2 is 2.19 bits per heavy atom. The van der Waals surface area contributed by atoms with Crippen molar-refractivity contribution < 1.29 is 4.52 Å². The number of nitrogens with zero attached hydrogens (tertiary/aromatic N) is 1. The third kappa shape index (κ3) is 2.84. The van der Waals surface area contributed by atoms with Crippen molar-refractivity contribution in [2.24, 2.45) is 0 Å². The van der Waals surface area contributed by atoms with E-state index in [2.05, 4.69) is 17.4 Å². The third-order valence-corrected chi connectivity index (χ3v) is 2.65. The van der Waals surface area contributed by atoms with Crippen LogP contribution in [0.15, 0.2) is 35.0 Å². The number of aromatic nitrogens is 1. The number of benzene rings is 1. The van der Waals surface area contributed by atoms with Crippen LogP contribution in [0.5, 0.6) is 0 Å². The lowest BCUT2D eigenvalue weighted by atomic mass is 10.1. The summed E-state index contributed by atoms with van der Waals surface area (Å²) in [4.78, 5) is 0. The van der Waals surface area contributed by atoms with Gasteiger partial charge in [0, 0.05) is 17.6 Å². The van der Waals surface area contributed by atoms with E-state index in [1.54, 1.807) is 6.20 Å². The van der Waals surface area contributed by atoms with Crippen molar-refractivity contribution in [1.82, 2.24) is 10.5 Å². The standard InChI is InChI=1S/C12H13ClN2O/c1-9-6-11(13)3-2-10(9)7-14-8-12-4-5-15-16-12/h2-6,14H,7-8H2,1H3. The predicted molar refractivity (Wildman–Crippen MR) is 63.2 cm³/mol. The molecule has 0 fully saturated rings. The summed E-state index contributed by atoms with van der Waals surface area (Å²) in [6, 6.07) is 7.75. The first-order chi connectivity index (χ1) is 7.75. The molecule has 0 atom stereocenters. The molecule has 0 radical (unpaired) electrons. The second-order valence-electron chi connectivity index (χ2n) is 3.65. The van der Waals surface area contributed by atoms with Gasteiger partial charge in [-0.1, -0.05) is 22.8 Å². The molecule has 0 amide bonds. The lowest BCUT2D eigenvalue weighted by molar-refractivity contribution is 0.372. The Kier molecular flexibility index (Phi) is 3.59. The largest absolute Gasteiger partial charge is 0.360 e. The van der Waals surface area contributed by atoms with E-state index in [0.29, 0.717) is 6.54 Å². The molecular weight excluding hydrogens is 224 g/mol. The fourth-order valence-corrected chi connectivity index (χ4v) is 1.74. The molecule has 0 saturated heterocycles. The fraction of sp³-hybridized carbons (Fsp3) is 0.250. The van der Waals surface area contributed by atoms with Gasteiger partial charge in [-0.25, -0.2) is 0 Å². The van der Waals surface area contributed by atoms with E-state index in [0.717, 1.165) is 17.3 Å². The summed E-state index contributed by atoms with van der Waals surface area (Å²) in [5, 5.41) is 7.71. The zero-order valence-electron chi connectivity index (χ0n) is 9.03. The van der Waals surface area contributed by atoms with Crippen molar-refractivity contribution in [2.75, 3.05) is 0 Å². The van der Waals surface area contributed by atoms with Gasteiger partial charge < -0.3 is 9.84 Å². The molecule has 3 nitrogen and oxygen atoms in total. The van der Waals surface area contributed by atoms with Crippen LogP contribution in [0.25, 0.3) is 0 Å². The van der Waals surface area contributed by atoms with Crippen molar-refractivity contribution in [3.05, 3.63) is 52.4 Å². The molecule has 2 rings (SSSR count). The molecular formula is C12H13ClN2O. The number of halogens is 1. The first-order valence-electron chi connectivity index (χ1n) is 5.11. The second kappa shape index (κ2) is 5.14. The summed E-state index contributed by atoms with van der Waals surface area (Å²) in [5.74, 6) is 0.839. The molecule has 0 saturated carbocycles. The van der Waals surface area contributed by atoms with Crippen molar-refractivity contribution in [1.29, 1.82) is 0 Å². The molecule has 84 valence electrons. The van der Waals surface area contributed by atoms with Crippen LogP contribution in [0.2, 0.25) is 5.02 Å². The Hall–Kier alpha value is -1.32. The highest BCUT2D eigenvalue weighted by Crippen LogP contribution is 2.15. The summed E-state index contributed by atoms with van der Waals surface area (Å²) in [6.45, 7) is 3.53. The number of rotatable bonds is 4. The maximum atomic E-state index is 5.89. The lowest BCUT2D eigenvalue weighted by Crippen LogP contribution is -2.12. The normalized spacial score (nSPS) is 10.6. The Morgan fingerprint density at radius 3 is 2.88 bits per heavy atom. The molecule has 1 N–H and O–H groups in total. The van der Waals surface area contributed by atoms with E-state index >= 15 is 0 Å². The molecule has 0 unspecified atom stereocenters. The Labute approximate surface area is 99.4 Å². The third-order valence-electron chi connectivity index (χ3n) is 2.41. The van der Waals surface area contributed by atoms with E-state index in [1.165, 1.54) is 11.1 Å². The van der Waals surface area contributed by atoms with Crippen LogP contribution >= 0.6 is 11.6 Å². The highest BCUT2D eigenvalue weighted by molar-refractivity contribution is 6.30. The number of aryl methyl sites for hydroxylation is 1. The van der Waals surface area contributed by atoms with Crippen molar-refractivity contribution >= 4 is 11.6 Å². The topological polar surface area (TPSA) is 38.1 Å². The van der Waals surface area contributed by atoms with Crippen LogP contribution in [0.3, 0.4) is 0 Å².